The van der Waals surface area contributed by atoms with Gasteiger partial charge in [0.1, 0.15) is 6.17 Å². The summed E-state index contributed by atoms with van der Waals surface area (Å²) in [5.41, 5.74) is 0.712. The molecule has 2 aromatic carbocycles. The average Bonchev–Trinajstić information content (AvgIpc) is 2.60. The Bertz CT molecular complexity index is 777. The van der Waals surface area contributed by atoms with Crippen LogP contribution in [0.1, 0.15) is 27.7 Å². The summed E-state index contributed by atoms with van der Waals surface area (Å²) in [5.74, 6) is -0.242. The molecule has 25 heavy (non-hydrogen) atoms. The molecule has 4 nitrogen and oxygen atoms in total. The first-order valence-corrected chi connectivity index (χ1v) is 7.74. The molecule has 0 spiro atoms. The molecule has 0 saturated carbocycles. The van der Waals surface area contributed by atoms with Gasteiger partial charge in [-0.15, -0.1) is 0 Å². The monoisotopic (exact) mass is 350 g/mol. The van der Waals surface area contributed by atoms with Crippen LogP contribution in [-0.2, 0) is 10.9 Å². The van der Waals surface area contributed by atoms with Crippen LogP contribution in [0.2, 0.25) is 0 Å². The normalized spacial score (nSPS) is 17.2. The lowest BCUT2D eigenvalue weighted by Gasteiger charge is -2.38. The van der Waals surface area contributed by atoms with Gasteiger partial charge in [0.05, 0.1) is 17.7 Å². The third kappa shape index (κ3) is 3.46. The lowest BCUT2D eigenvalue weighted by Crippen LogP contribution is -2.44. The quantitative estimate of drug-likeness (QED) is 0.909. The van der Waals surface area contributed by atoms with Gasteiger partial charge in [-0.25, -0.2) is 0 Å². The van der Waals surface area contributed by atoms with Gasteiger partial charge in [-0.1, -0.05) is 24.3 Å². The highest BCUT2D eigenvalue weighted by Crippen LogP contribution is 2.35. The molecule has 0 bridgehead atoms. The fourth-order valence-corrected chi connectivity index (χ4v) is 2.86. The smallest absolute Gasteiger partial charge is 0.383 e. The highest BCUT2D eigenvalue weighted by molar-refractivity contribution is 6.01. The summed E-state index contributed by atoms with van der Waals surface area (Å²) < 4.78 is 44.1. The number of hydrogen-bond acceptors (Lipinski definition) is 3. The molecule has 0 saturated heterocycles. The first kappa shape index (κ1) is 17.3. The molecule has 1 N–H and O–H groups in total. The van der Waals surface area contributed by atoms with Gasteiger partial charge >= 0.3 is 6.18 Å². The summed E-state index contributed by atoms with van der Waals surface area (Å²) in [4.78, 5) is 14.3. The zero-order chi connectivity index (χ0) is 18.0. The number of rotatable bonds is 4. The van der Waals surface area contributed by atoms with E-state index in [-0.39, 0.29) is 19.1 Å². The van der Waals surface area contributed by atoms with Crippen LogP contribution in [-0.4, -0.2) is 31.1 Å². The highest BCUT2D eigenvalue weighted by Gasteiger charge is 2.35. The van der Waals surface area contributed by atoms with Crippen molar-refractivity contribution in [2.45, 2.75) is 12.3 Å². The number of carbonyl (C=O) groups is 1. The molecule has 0 unspecified atom stereocenters. The predicted molar refractivity (Wildman–Crippen MR) is 87.2 cm³/mol. The van der Waals surface area contributed by atoms with Gasteiger partial charge in [0.2, 0.25) is 0 Å². The number of carbonyl (C=O) groups excluding carboxylic acids is 1. The summed E-state index contributed by atoms with van der Waals surface area (Å²) in [6, 6.07) is 12.0. The van der Waals surface area contributed by atoms with E-state index in [1.165, 1.54) is 18.1 Å². The number of alkyl halides is 3. The minimum atomic E-state index is -4.44. The molecule has 1 heterocycles. The summed E-state index contributed by atoms with van der Waals surface area (Å²) in [7, 11) is 1.51. The maximum Gasteiger partial charge on any atom is 0.416 e. The Morgan fingerprint density at radius 2 is 1.92 bits per heavy atom. The number of amides is 1. The number of anilines is 1. The first-order chi connectivity index (χ1) is 11.9. The number of benzene rings is 2. The minimum Gasteiger partial charge on any atom is -0.383 e. The molecule has 132 valence electrons. The van der Waals surface area contributed by atoms with Gasteiger partial charge in [0, 0.05) is 19.3 Å². The summed E-state index contributed by atoms with van der Waals surface area (Å²) in [5, 5.41) is 3.16. The second-order valence-electron chi connectivity index (χ2n) is 5.71. The maximum absolute atomic E-state index is 13.0. The highest BCUT2D eigenvalue weighted by atomic mass is 19.4. The number of methoxy groups -OCH3 is 1. The molecule has 1 amide bonds. The van der Waals surface area contributed by atoms with Crippen molar-refractivity contribution < 1.29 is 22.7 Å². The molecular weight excluding hydrogens is 333 g/mol. The van der Waals surface area contributed by atoms with Gasteiger partial charge in [0.25, 0.3) is 5.91 Å². The van der Waals surface area contributed by atoms with Gasteiger partial charge in [-0.2, -0.15) is 13.2 Å². The van der Waals surface area contributed by atoms with E-state index in [1.54, 1.807) is 30.3 Å². The van der Waals surface area contributed by atoms with Gasteiger partial charge in [0.15, 0.2) is 0 Å². The van der Waals surface area contributed by atoms with Crippen molar-refractivity contribution in [3.8, 4) is 0 Å². The van der Waals surface area contributed by atoms with Crippen LogP contribution in [0, 0.1) is 0 Å². The van der Waals surface area contributed by atoms with Crippen molar-refractivity contribution in [3.05, 3.63) is 65.2 Å². The number of para-hydroxylation sites is 1. The number of nitrogens with zero attached hydrogens (tertiary/aromatic N) is 1. The van der Waals surface area contributed by atoms with E-state index < -0.39 is 17.9 Å². The molecular formula is C18H17F3N2O2. The Labute approximate surface area is 143 Å². The molecule has 2 aromatic rings. The van der Waals surface area contributed by atoms with E-state index in [9.17, 15) is 18.0 Å². The number of halogens is 3. The first-order valence-electron chi connectivity index (χ1n) is 7.74. The average molecular weight is 350 g/mol. The largest absolute Gasteiger partial charge is 0.416 e. The lowest BCUT2D eigenvalue weighted by atomic mass is 10.0. The summed E-state index contributed by atoms with van der Waals surface area (Å²) >= 11 is 0. The summed E-state index contributed by atoms with van der Waals surface area (Å²) in [6.07, 6.45) is -5.14. The molecule has 0 aromatic heterocycles. The Hall–Kier alpha value is -2.54. The van der Waals surface area contributed by atoms with Crippen LogP contribution in [0.5, 0.6) is 0 Å². The molecule has 3 rings (SSSR count). The second kappa shape index (κ2) is 6.76. The zero-order valence-electron chi connectivity index (χ0n) is 13.5. The molecule has 0 radical (unpaired) electrons. The number of ether oxygens (including phenoxy) is 1. The maximum atomic E-state index is 13.0. The van der Waals surface area contributed by atoms with Crippen LogP contribution in [0.4, 0.5) is 18.9 Å². The molecule has 0 fully saturated rings. The van der Waals surface area contributed by atoms with E-state index in [4.69, 9.17) is 4.74 Å². The van der Waals surface area contributed by atoms with Gasteiger partial charge in [-0.05, 0) is 29.8 Å². The van der Waals surface area contributed by atoms with Gasteiger partial charge in [-0.3, -0.25) is 4.79 Å². The van der Waals surface area contributed by atoms with Crippen molar-refractivity contribution in [3.63, 3.8) is 0 Å². The topological polar surface area (TPSA) is 41.6 Å². The van der Waals surface area contributed by atoms with Gasteiger partial charge < -0.3 is 15.0 Å². The number of hydrogen-bond donors (Lipinski definition) is 1. The summed E-state index contributed by atoms with van der Waals surface area (Å²) in [6.45, 7) is 0.544. The van der Waals surface area contributed by atoms with E-state index in [1.807, 2.05) is 0 Å². The third-order valence-electron chi connectivity index (χ3n) is 4.09. The Morgan fingerprint density at radius 3 is 2.64 bits per heavy atom. The second-order valence-corrected chi connectivity index (χ2v) is 5.71. The van der Waals surface area contributed by atoms with Crippen LogP contribution >= 0.6 is 0 Å². The molecule has 1 aliphatic rings. The lowest BCUT2D eigenvalue weighted by molar-refractivity contribution is -0.137. The van der Waals surface area contributed by atoms with Crippen LogP contribution in [0.3, 0.4) is 0 Å². The number of nitrogens with one attached hydrogen (secondary N) is 1. The van der Waals surface area contributed by atoms with Crippen molar-refractivity contribution in [1.29, 1.82) is 0 Å². The van der Waals surface area contributed by atoms with E-state index in [2.05, 4.69) is 5.32 Å². The minimum absolute atomic E-state index is 0.242. The fraction of sp³-hybridized carbons (Fsp3) is 0.278. The third-order valence-corrected chi connectivity index (χ3v) is 4.09. The van der Waals surface area contributed by atoms with E-state index in [0.717, 1.165) is 12.1 Å². The Balaban J connectivity index is 2.02. The van der Waals surface area contributed by atoms with Crippen LogP contribution in [0.15, 0.2) is 48.5 Å². The van der Waals surface area contributed by atoms with Crippen LogP contribution in [0.25, 0.3) is 0 Å². The fourth-order valence-electron chi connectivity index (χ4n) is 2.86. The molecule has 7 heteroatoms. The van der Waals surface area contributed by atoms with Crippen molar-refractivity contribution in [2.24, 2.45) is 0 Å². The molecule has 0 aliphatic carbocycles. The SMILES string of the molecule is COCCN1C(=O)c2ccccc2N[C@H]1c1cccc(C(F)(F)F)c1. The van der Waals surface area contributed by atoms with Crippen molar-refractivity contribution >= 4 is 11.6 Å². The molecule has 1 atom stereocenters. The van der Waals surface area contributed by atoms with E-state index >= 15 is 0 Å². The zero-order valence-corrected chi connectivity index (χ0v) is 13.5. The van der Waals surface area contributed by atoms with Crippen molar-refractivity contribution in [2.75, 3.05) is 25.6 Å². The Morgan fingerprint density at radius 1 is 1.16 bits per heavy atom. The van der Waals surface area contributed by atoms with Crippen molar-refractivity contribution in [1.82, 2.24) is 4.90 Å². The number of fused-ring (bicyclic) bond motifs is 1. The standard InChI is InChI=1S/C18H17F3N2O2/c1-25-10-9-23-16(12-5-4-6-13(11-12)18(19,20)21)22-15-8-3-2-7-14(15)17(23)24/h2-8,11,16,22H,9-10H2,1H3/t16-/m1/s1. The Kier molecular flexibility index (Phi) is 4.67. The predicted octanol–water partition coefficient (Wildman–Crippen LogP) is 3.92. The van der Waals surface area contributed by atoms with Crippen LogP contribution < -0.4 is 5.32 Å². The van der Waals surface area contributed by atoms with E-state index in [0.29, 0.717) is 16.8 Å². The molecule has 1 aliphatic heterocycles.